The second-order valence-electron chi connectivity index (χ2n) is 5.78. The highest BCUT2D eigenvalue weighted by molar-refractivity contribution is 6.31. The molecule has 2 heterocycles. The molecule has 136 valence electrons. The van der Waals surface area contributed by atoms with Crippen molar-refractivity contribution >= 4 is 28.5 Å². The summed E-state index contributed by atoms with van der Waals surface area (Å²) < 4.78 is 17.3. The fraction of sp³-hybridized carbons (Fsp3) is 0.263. The number of methoxy groups -OCH3 is 2. The smallest absolute Gasteiger partial charge is 0.343 e. The Balaban J connectivity index is 1.90. The van der Waals surface area contributed by atoms with Crippen molar-refractivity contribution in [1.29, 1.82) is 0 Å². The van der Waals surface area contributed by atoms with Crippen LogP contribution in [0.1, 0.15) is 11.3 Å². The molecule has 0 aliphatic rings. The van der Waals surface area contributed by atoms with Gasteiger partial charge in [-0.15, -0.1) is 0 Å². The number of aromatic nitrogens is 2. The first-order valence-electron chi connectivity index (χ1n) is 7.99. The quantitative estimate of drug-likeness (QED) is 0.617. The number of esters is 1. The van der Waals surface area contributed by atoms with Crippen LogP contribution in [0.5, 0.6) is 11.6 Å². The molecule has 0 aliphatic carbocycles. The van der Waals surface area contributed by atoms with Crippen molar-refractivity contribution in [2.75, 3.05) is 20.8 Å². The van der Waals surface area contributed by atoms with E-state index in [-0.39, 0.29) is 6.61 Å². The van der Waals surface area contributed by atoms with E-state index in [1.807, 2.05) is 19.1 Å². The van der Waals surface area contributed by atoms with Crippen LogP contribution >= 0.6 is 11.6 Å². The Bertz CT molecular complexity index is 952. The third-order valence-corrected chi connectivity index (χ3v) is 4.48. The molecule has 0 saturated carbocycles. The first-order valence-corrected chi connectivity index (χ1v) is 8.37. The average molecular weight is 375 g/mol. The van der Waals surface area contributed by atoms with Gasteiger partial charge in [0.2, 0.25) is 5.88 Å². The topological polar surface area (TPSA) is 62.6 Å². The normalized spacial score (nSPS) is 10.8. The van der Waals surface area contributed by atoms with E-state index >= 15 is 0 Å². The number of aryl methyl sites for hydroxylation is 1. The highest BCUT2D eigenvalue weighted by Gasteiger charge is 2.11. The molecule has 3 rings (SSSR count). The van der Waals surface area contributed by atoms with Crippen LogP contribution in [-0.4, -0.2) is 36.3 Å². The molecule has 0 fully saturated rings. The lowest BCUT2D eigenvalue weighted by Gasteiger charge is -2.12. The molecule has 26 heavy (non-hydrogen) atoms. The molecule has 0 atom stereocenters. The van der Waals surface area contributed by atoms with Gasteiger partial charge in [0.25, 0.3) is 0 Å². The fourth-order valence-electron chi connectivity index (χ4n) is 2.73. The summed E-state index contributed by atoms with van der Waals surface area (Å²) in [4.78, 5) is 15.5. The van der Waals surface area contributed by atoms with E-state index in [4.69, 9.17) is 21.1 Å². The number of hydrogen-bond donors (Lipinski definition) is 0. The van der Waals surface area contributed by atoms with Crippen molar-refractivity contribution in [2.24, 2.45) is 0 Å². The van der Waals surface area contributed by atoms with Crippen LogP contribution in [0.3, 0.4) is 0 Å². The van der Waals surface area contributed by atoms with Gasteiger partial charge in [0.1, 0.15) is 5.75 Å². The maximum absolute atomic E-state index is 11.2. The summed E-state index contributed by atoms with van der Waals surface area (Å²) in [5, 5.41) is 1.67. The predicted octanol–water partition coefficient (Wildman–Crippen LogP) is 3.61. The van der Waals surface area contributed by atoms with Gasteiger partial charge in [-0.2, -0.15) is 0 Å². The third kappa shape index (κ3) is 3.75. The van der Waals surface area contributed by atoms with Crippen molar-refractivity contribution in [2.45, 2.75) is 13.5 Å². The summed E-state index contributed by atoms with van der Waals surface area (Å²) in [5.74, 6) is 0.698. The molecule has 2 aromatic heterocycles. The molecular formula is C19H19ClN2O4. The maximum atomic E-state index is 11.2. The van der Waals surface area contributed by atoms with Crippen LogP contribution in [0.25, 0.3) is 10.9 Å². The van der Waals surface area contributed by atoms with Crippen LogP contribution in [-0.2, 0) is 16.1 Å². The van der Waals surface area contributed by atoms with Gasteiger partial charge in [0.05, 0.1) is 25.9 Å². The molecule has 3 aromatic rings. The van der Waals surface area contributed by atoms with Gasteiger partial charge >= 0.3 is 5.97 Å². The van der Waals surface area contributed by atoms with E-state index in [2.05, 4.69) is 20.4 Å². The van der Waals surface area contributed by atoms with Gasteiger partial charge < -0.3 is 18.8 Å². The number of rotatable bonds is 6. The lowest BCUT2D eigenvalue weighted by atomic mass is 10.2. The second kappa shape index (κ2) is 7.66. The Labute approximate surface area is 156 Å². The molecule has 6 nitrogen and oxygen atoms in total. The minimum absolute atomic E-state index is 0.146. The van der Waals surface area contributed by atoms with Crippen molar-refractivity contribution in [3.63, 3.8) is 0 Å². The first kappa shape index (κ1) is 18.1. The Morgan fingerprint density at radius 3 is 2.77 bits per heavy atom. The predicted molar refractivity (Wildman–Crippen MR) is 99.1 cm³/mol. The standard InChI is InChI=1S/C19H19ClN2O4/c1-12-6-13-8-18(24-2)21-9-17(13)22(12)10-14-7-15(4-5-16(14)20)26-11-19(23)25-3/h4-9H,10-11H2,1-3H3. The van der Waals surface area contributed by atoms with Crippen LogP contribution < -0.4 is 9.47 Å². The number of hydrogen-bond acceptors (Lipinski definition) is 5. The van der Waals surface area contributed by atoms with E-state index in [0.717, 1.165) is 22.2 Å². The van der Waals surface area contributed by atoms with Crippen LogP contribution in [0, 0.1) is 6.92 Å². The highest BCUT2D eigenvalue weighted by Crippen LogP contribution is 2.27. The number of carbonyl (C=O) groups is 1. The molecule has 0 N–H and O–H groups in total. The van der Waals surface area contributed by atoms with Gasteiger partial charge in [-0.05, 0) is 36.8 Å². The van der Waals surface area contributed by atoms with E-state index in [0.29, 0.717) is 23.2 Å². The SMILES string of the molecule is COC(=O)COc1ccc(Cl)c(Cn2c(C)cc3cc(OC)ncc32)c1. The molecule has 0 saturated heterocycles. The summed E-state index contributed by atoms with van der Waals surface area (Å²) in [6.45, 7) is 2.43. The minimum Gasteiger partial charge on any atom is -0.482 e. The van der Waals surface area contributed by atoms with Gasteiger partial charge in [-0.25, -0.2) is 9.78 Å². The zero-order chi connectivity index (χ0) is 18.7. The molecule has 0 spiro atoms. The number of carbonyl (C=O) groups excluding carboxylic acids is 1. The van der Waals surface area contributed by atoms with E-state index in [1.165, 1.54) is 7.11 Å². The summed E-state index contributed by atoms with van der Waals surface area (Å²) >= 11 is 6.36. The van der Waals surface area contributed by atoms with Gasteiger partial charge in [0.15, 0.2) is 6.61 Å². The van der Waals surface area contributed by atoms with Crippen LogP contribution in [0.15, 0.2) is 36.5 Å². The summed E-state index contributed by atoms with van der Waals surface area (Å²) in [6.07, 6.45) is 1.78. The monoisotopic (exact) mass is 374 g/mol. The number of benzene rings is 1. The summed E-state index contributed by atoms with van der Waals surface area (Å²) in [7, 11) is 2.92. The molecule has 0 unspecified atom stereocenters. The molecule has 1 aromatic carbocycles. The molecule has 0 aliphatic heterocycles. The Hall–Kier alpha value is -2.73. The van der Waals surface area contributed by atoms with Crippen molar-refractivity contribution in [3.8, 4) is 11.6 Å². The number of ether oxygens (including phenoxy) is 3. The van der Waals surface area contributed by atoms with Gasteiger partial charge in [0, 0.05) is 28.7 Å². The first-order chi connectivity index (χ1) is 12.5. The zero-order valence-corrected chi connectivity index (χ0v) is 15.5. The number of pyridine rings is 1. The van der Waals surface area contributed by atoms with Gasteiger partial charge in [-0.1, -0.05) is 11.6 Å². The molecule has 7 heteroatoms. The van der Waals surface area contributed by atoms with Crippen molar-refractivity contribution in [1.82, 2.24) is 9.55 Å². The molecule has 0 amide bonds. The lowest BCUT2D eigenvalue weighted by molar-refractivity contribution is -0.142. The highest BCUT2D eigenvalue weighted by atomic mass is 35.5. The number of nitrogens with zero attached hydrogens (tertiary/aromatic N) is 2. The number of fused-ring (bicyclic) bond motifs is 1. The lowest BCUT2D eigenvalue weighted by Crippen LogP contribution is -2.12. The van der Waals surface area contributed by atoms with Crippen molar-refractivity contribution < 1.29 is 19.0 Å². The maximum Gasteiger partial charge on any atom is 0.343 e. The van der Waals surface area contributed by atoms with Gasteiger partial charge in [-0.3, -0.25) is 0 Å². The zero-order valence-electron chi connectivity index (χ0n) is 14.8. The van der Waals surface area contributed by atoms with E-state index in [1.54, 1.807) is 25.4 Å². The largest absolute Gasteiger partial charge is 0.482 e. The van der Waals surface area contributed by atoms with Crippen LogP contribution in [0.2, 0.25) is 5.02 Å². The average Bonchev–Trinajstić information content (AvgIpc) is 2.96. The summed E-state index contributed by atoms with van der Waals surface area (Å²) in [5.41, 5.74) is 2.94. The van der Waals surface area contributed by atoms with E-state index in [9.17, 15) is 4.79 Å². The fourth-order valence-corrected chi connectivity index (χ4v) is 2.91. The Kier molecular flexibility index (Phi) is 5.32. The Morgan fingerprint density at radius 2 is 2.04 bits per heavy atom. The van der Waals surface area contributed by atoms with Crippen molar-refractivity contribution in [3.05, 3.63) is 52.8 Å². The molecule has 0 bridgehead atoms. The van der Waals surface area contributed by atoms with E-state index < -0.39 is 5.97 Å². The Morgan fingerprint density at radius 1 is 1.23 bits per heavy atom. The molecule has 0 radical (unpaired) electrons. The summed E-state index contributed by atoms with van der Waals surface area (Å²) in [6, 6.07) is 9.28. The van der Waals surface area contributed by atoms with Crippen LogP contribution in [0.4, 0.5) is 0 Å². The minimum atomic E-state index is -0.436. The number of halogens is 1. The second-order valence-corrected chi connectivity index (χ2v) is 6.18. The third-order valence-electron chi connectivity index (χ3n) is 4.11. The molecular weight excluding hydrogens is 356 g/mol.